The first-order valence-electron chi connectivity index (χ1n) is 13.0. The van der Waals surface area contributed by atoms with Crippen molar-refractivity contribution in [1.29, 1.82) is 0 Å². The lowest BCUT2D eigenvalue weighted by Gasteiger charge is -2.34. The minimum absolute atomic E-state index is 0.0166. The average Bonchev–Trinajstić information content (AvgIpc) is 3.60. The molecule has 0 radical (unpaired) electrons. The molecule has 5 rings (SSSR count). The van der Waals surface area contributed by atoms with Crippen LogP contribution < -0.4 is 15.5 Å². The van der Waals surface area contributed by atoms with Crippen LogP contribution in [0.3, 0.4) is 0 Å². The van der Waals surface area contributed by atoms with E-state index < -0.39 is 19.1 Å². The second-order valence-corrected chi connectivity index (χ2v) is 8.71. The maximum atomic E-state index is 13.0. The highest BCUT2D eigenvalue weighted by molar-refractivity contribution is 6.03. The summed E-state index contributed by atoms with van der Waals surface area (Å²) in [6, 6.07) is 7.29. The monoisotopic (exact) mass is 462 g/mol. The van der Waals surface area contributed by atoms with Crippen molar-refractivity contribution in [2.24, 2.45) is 5.92 Å². The van der Waals surface area contributed by atoms with Crippen molar-refractivity contribution in [2.45, 2.75) is 52.5 Å². The number of Topliss-reactive ketones (excluding diaryl/α,β-unsaturated/α-hetero) is 1. The summed E-state index contributed by atoms with van der Waals surface area (Å²) < 4.78 is 22.6. The lowest BCUT2D eigenvalue weighted by atomic mass is 9.96. The summed E-state index contributed by atoms with van der Waals surface area (Å²) in [7, 11) is 1.97. The maximum absolute atomic E-state index is 13.0. The molecule has 9 nitrogen and oxygen atoms in total. The number of hydrogen-bond acceptors (Lipinski definition) is 7. The molecule has 0 saturated heterocycles. The Labute approximate surface area is 202 Å². The molecule has 0 spiro atoms. The van der Waals surface area contributed by atoms with Gasteiger partial charge in [-0.2, -0.15) is 15.0 Å². The molecule has 34 heavy (non-hydrogen) atoms. The molecule has 9 heteroatoms. The second kappa shape index (κ2) is 8.55. The zero-order valence-electron chi connectivity index (χ0n) is 22.4. The van der Waals surface area contributed by atoms with Crippen LogP contribution in [-0.2, 0) is 11.3 Å². The SMILES string of the molecule is [2H]C([2H])([2H])CC(=O)c1cnc(NC(=O)C2CC2)cc1Nc1cccc2c1N(C)[C@H](C)c1nn(CC)nc1-2. The summed E-state index contributed by atoms with van der Waals surface area (Å²) in [6.45, 7) is 2.27. The molecule has 2 aromatic heterocycles. The zero-order chi connectivity index (χ0) is 26.5. The molecule has 1 atom stereocenters. The predicted molar refractivity (Wildman–Crippen MR) is 131 cm³/mol. The van der Waals surface area contributed by atoms with E-state index in [-0.39, 0.29) is 23.4 Å². The molecule has 0 unspecified atom stereocenters. The van der Waals surface area contributed by atoms with E-state index in [4.69, 9.17) is 4.11 Å². The molecule has 1 saturated carbocycles. The van der Waals surface area contributed by atoms with Gasteiger partial charge in [0.2, 0.25) is 5.91 Å². The third-order valence-electron chi connectivity index (χ3n) is 6.42. The van der Waals surface area contributed by atoms with Crippen molar-refractivity contribution in [3.63, 3.8) is 0 Å². The van der Waals surface area contributed by atoms with Gasteiger partial charge in [-0.3, -0.25) is 9.59 Å². The number of rotatable bonds is 7. The van der Waals surface area contributed by atoms with Crippen LogP contribution in [-0.4, -0.2) is 38.7 Å². The quantitative estimate of drug-likeness (QED) is 0.496. The molecule has 2 aliphatic rings. The normalized spacial score (nSPS) is 18.3. The number of fused-ring (bicyclic) bond motifs is 3. The number of benzene rings is 1. The van der Waals surface area contributed by atoms with Crippen LogP contribution in [0.15, 0.2) is 30.5 Å². The second-order valence-electron chi connectivity index (χ2n) is 8.71. The van der Waals surface area contributed by atoms with Crippen LogP contribution in [0.25, 0.3) is 11.3 Å². The lowest BCUT2D eigenvalue weighted by Crippen LogP contribution is -2.27. The fourth-order valence-electron chi connectivity index (χ4n) is 4.23. The van der Waals surface area contributed by atoms with Crippen molar-refractivity contribution in [2.75, 3.05) is 22.6 Å². The van der Waals surface area contributed by atoms with Crippen LogP contribution in [0.2, 0.25) is 0 Å². The molecule has 1 amide bonds. The van der Waals surface area contributed by atoms with Crippen molar-refractivity contribution < 1.29 is 13.7 Å². The summed E-state index contributed by atoms with van der Waals surface area (Å²) in [6.07, 6.45) is 2.39. The van der Waals surface area contributed by atoms with Gasteiger partial charge in [0.25, 0.3) is 0 Å². The van der Waals surface area contributed by atoms with E-state index in [1.165, 1.54) is 6.20 Å². The number of ketones is 1. The Kier molecular flexibility index (Phi) is 4.69. The van der Waals surface area contributed by atoms with Gasteiger partial charge in [-0.25, -0.2) is 4.98 Å². The highest BCUT2D eigenvalue weighted by Gasteiger charge is 2.33. The highest BCUT2D eigenvalue weighted by Crippen LogP contribution is 2.46. The molecule has 1 fully saturated rings. The summed E-state index contributed by atoms with van der Waals surface area (Å²) in [5.41, 5.74) is 4.67. The van der Waals surface area contributed by atoms with E-state index in [9.17, 15) is 9.59 Å². The number of aryl methyl sites for hydroxylation is 1. The van der Waals surface area contributed by atoms with E-state index in [0.717, 1.165) is 35.5 Å². The number of aromatic nitrogens is 4. The van der Waals surface area contributed by atoms with E-state index in [2.05, 4.69) is 37.6 Å². The van der Waals surface area contributed by atoms with Gasteiger partial charge in [-0.15, -0.1) is 0 Å². The van der Waals surface area contributed by atoms with Crippen molar-refractivity contribution >= 4 is 34.6 Å². The molecule has 0 bridgehead atoms. The Bertz CT molecular complexity index is 1380. The number of hydrogen-bond donors (Lipinski definition) is 2. The van der Waals surface area contributed by atoms with Gasteiger partial charge in [0, 0.05) is 41.3 Å². The predicted octanol–water partition coefficient (Wildman–Crippen LogP) is 4.56. The van der Waals surface area contributed by atoms with E-state index in [0.29, 0.717) is 23.7 Å². The van der Waals surface area contributed by atoms with Crippen molar-refractivity contribution in [1.82, 2.24) is 20.0 Å². The van der Waals surface area contributed by atoms with Gasteiger partial charge >= 0.3 is 0 Å². The van der Waals surface area contributed by atoms with Crippen LogP contribution in [0.1, 0.15) is 66.2 Å². The van der Waals surface area contributed by atoms with E-state index in [1.807, 2.05) is 32.2 Å². The summed E-state index contributed by atoms with van der Waals surface area (Å²) >= 11 is 0. The number of para-hydroxylation sites is 1. The molecule has 3 heterocycles. The van der Waals surface area contributed by atoms with Gasteiger partial charge in [-0.05, 0) is 32.8 Å². The Morgan fingerprint density at radius 1 is 1.24 bits per heavy atom. The Balaban J connectivity index is 1.56. The Hall–Kier alpha value is -3.75. The average molecular weight is 463 g/mol. The smallest absolute Gasteiger partial charge is 0.228 e. The van der Waals surface area contributed by atoms with Gasteiger partial charge < -0.3 is 15.5 Å². The zero-order valence-corrected chi connectivity index (χ0v) is 19.4. The fourth-order valence-corrected chi connectivity index (χ4v) is 4.23. The first kappa shape index (κ1) is 18.7. The van der Waals surface area contributed by atoms with Crippen LogP contribution in [0.5, 0.6) is 0 Å². The van der Waals surface area contributed by atoms with E-state index >= 15 is 0 Å². The standard InChI is InChI=1S/C25H29N7O2/c1-5-20(33)17-13-26-21(28-25(34)15-10-11-15)12-19(17)27-18-9-7-8-16-23-22(29-32(6-2)30-23)14(3)31(4)24(16)18/h7-9,12-15H,5-6,10-11H2,1-4H3,(H2,26,27,28,34)/t14-/m1/s1/i1D3. The first-order valence-corrected chi connectivity index (χ1v) is 11.5. The van der Waals surface area contributed by atoms with Crippen molar-refractivity contribution in [3.05, 3.63) is 41.7 Å². The third-order valence-corrected chi connectivity index (χ3v) is 6.42. The number of pyridine rings is 1. The van der Waals surface area contributed by atoms with E-state index in [1.54, 1.807) is 10.9 Å². The molecular weight excluding hydrogens is 430 g/mol. The number of nitrogens with zero attached hydrogens (tertiary/aromatic N) is 5. The molecule has 2 N–H and O–H groups in total. The molecule has 1 aliphatic carbocycles. The minimum Gasteiger partial charge on any atom is -0.364 e. The summed E-state index contributed by atoms with van der Waals surface area (Å²) in [5.74, 6) is -0.395. The number of carbonyl (C=O) groups is 2. The van der Waals surface area contributed by atoms with Gasteiger partial charge in [0.1, 0.15) is 17.2 Å². The first-order chi connectivity index (χ1) is 17.6. The van der Waals surface area contributed by atoms with Crippen LogP contribution in [0.4, 0.5) is 22.9 Å². The molecular formula is C25H29N7O2. The fraction of sp³-hybridized carbons (Fsp3) is 0.400. The number of anilines is 4. The molecule has 1 aromatic carbocycles. The maximum Gasteiger partial charge on any atom is 0.228 e. The van der Waals surface area contributed by atoms with Gasteiger partial charge in [-0.1, -0.05) is 19.0 Å². The Morgan fingerprint density at radius 3 is 2.79 bits per heavy atom. The summed E-state index contributed by atoms with van der Waals surface area (Å²) in [4.78, 5) is 33.3. The van der Waals surface area contributed by atoms with Gasteiger partial charge in [0.05, 0.1) is 35.2 Å². The summed E-state index contributed by atoms with van der Waals surface area (Å²) in [5, 5.41) is 15.5. The Morgan fingerprint density at radius 2 is 2.06 bits per heavy atom. The largest absolute Gasteiger partial charge is 0.364 e. The third kappa shape index (κ3) is 3.81. The number of amides is 1. The minimum atomic E-state index is -2.42. The van der Waals surface area contributed by atoms with Crippen LogP contribution in [0, 0.1) is 5.92 Å². The lowest BCUT2D eigenvalue weighted by molar-refractivity contribution is -0.117. The number of nitrogens with one attached hydrogen (secondary N) is 2. The van der Waals surface area contributed by atoms with Gasteiger partial charge in [0.15, 0.2) is 5.78 Å². The molecule has 3 aromatic rings. The topological polar surface area (TPSA) is 105 Å². The molecule has 1 aliphatic heterocycles. The van der Waals surface area contributed by atoms with Crippen molar-refractivity contribution in [3.8, 4) is 11.3 Å². The molecule has 176 valence electrons. The van der Waals surface area contributed by atoms with Crippen LogP contribution >= 0.6 is 0 Å². The highest BCUT2D eigenvalue weighted by atomic mass is 16.2. The number of carbonyl (C=O) groups excluding carboxylic acids is 2.